The molecule has 2 heterocycles. The summed E-state index contributed by atoms with van der Waals surface area (Å²) in [5, 5.41) is 2.85. The van der Waals surface area contributed by atoms with Crippen LogP contribution in [0.3, 0.4) is 0 Å². The molecular formula is C26H24N2O6S. The highest BCUT2D eigenvalue weighted by molar-refractivity contribution is 7.91. The molecule has 9 heteroatoms. The normalized spacial score (nSPS) is 12.9. The fourth-order valence-corrected chi connectivity index (χ4v) is 4.89. The summed E-state index contributed by atoms with van der Waals surface area (Å²) >= 11 is 0. The van der Waals surface area contributed by atoms with Gasteiger partial charge in [-0.2, -0.15) is 4.98 Å². The molecule has 0 atom stereocenters. The molecule has 0 aliphatic carbocycles. The molecule has 0 saturated heterocycles. The molecule has 3 aromatic carbocycles. The first kappa shape index (κ1) is 22.8. The Kier molecular flexibility index (Phi) is 6.08. The quantitative estimate of drug-likeness (QED) is 0.366. The number of sulfone groups is 1. The number of fused-ring (bicyclic) bond motifs is 1. The molecule has 8 nitrogen and oxygen atoms in total. The van der Waals surface area contributed by atoms with Gasteiger partial charge in [-0.15, -0.1) is 0 Å². The zero-order valence-electron chi connectivity index (χ0n) is 19.3. The maximum atomic E-state index is 13.7. The minimum atomic E-state index is -4.06. The first-order valence-electron chi connectivity index (χ1n) is 11.2. The average Bonchev–Trinajstić information content (AvgIpc) is 3.30. The van der Waals surface area contributed by atoms with Crippen LogP contribution in [0.4, 0.5) is 11.6 Å². The number of aryl methyl sites for hydroxylation is 1. The molecule has 4 aromatic rings. The lowest BCUT2D eigenvalue weighted by molar-refractivity contribution is 0.171. The molecule has 1 aromatic heterocycles. The lowest BCUT2D eigenvalue weighted by atomic mass is 10.2. The standard InChI is InChI=1S/C26H24N2O6S/c1-3-31-20-10-6-18(7-11-20)24-28-26(25(34-24)27-19-8-4-17(2)5-9-19)35(29,30)21-12-13-22-23(16-21)33-15-14-32-22/h4-13,16,27H,3,14-15H2,1-2H3. The van der Waals surface area contributed by atoms with Gasteiger partial charge < -0.3 is 23.9 Å². The smallest absolute Gasteiger partial charge is 0.238 e. The Bertz CT molecular complexity index is 1440. The molecule has 5 rings (SSSR count). The second-order valence-electron chi connectivity index (χ2n) is 7.91. The number of ether oxygens (including phenoxy) is 3. The molecule has 1 N–H and O–H groups in total. The van der Waals surface area contributed by atoms with Gasteiger partial charge in [-0.1, -0.05) is 17.7 Å². The van der Waals surface area contributed by atoms with E-state index in [1.54, 1.807) is 30.3 Å². The molecule has 0 bridgehead atoms. The van der Waals surface area contributed by atoms with Crippen molar-refractivity contribution >= 4 is 21.4 Å². The van der Waals surface area contributed by atoms with Gasteiger partial charge in [0.1, 0.15) is 19.0 Å². The van der Waals surface area contributed by atoms with Gasteiger partial charge in [-0.05, 0) is 62.4 Å². The Labute approximate surface area is 203 Å². The number of nitrogens with one attached hydrogen (secondary N) is 1. The molecule has 0 spiro atoms. The molecule has 0 unspecified atom stereocenters. The number of anilines is 2. The summed E-state index contributed by atoms with van der Waals surface area (Å²) < 4.78 is 49.9. The number of nitrogens with zero attached hydrogens (tertiary/aromatic N) is 1. The third-order valence-electron chi connectivity index (χ3n) is 5.40. The van der Waals surface area contributed by atoms with Gasteiger partial charge in [0.2, 0.25) is 26.6 Å². The van der Waals surface area contributed by atoms with Crippen LogP contribution < -0.4 is 19.5 Å². The molecule has 1 aliphatic rings. The van der Waals surface area contributed by atoms with Crippen LogP contribution in [0, 0.1) is 6.92 Å². The number of hydrogen-bond acceptors (Lipinski definition) is 8. The fraction of sp³-hybridized carbons (Fsp3) is 0.192. The van der Waals surface area contributed by atoms with Crippen LogP contribution in [0.25, 0.3) is 11.5 Å². The summed E-state index contributed by atoms with van der Waals surface area (Å²) in [6, 6.07) is 19.1. The average molecular weight is 493 g/mol. The van der Waals surface area contributed by atoms with E-state index < -0.39 is 9.84 Å². The highest BCUT2D eigenvalue weighted by Crippen LogP contribution is 2.38. The SMILES string of the molecule is CCOc1ccc(-c2nc(S(=O)(=O)c3ccc4c(c3)OCCO4)c(Nc3ccc(C)cc3)o2)cc1. The first-order valence-corrected chi connectivity index (χ1v) is 12.6. The predicted molar refractivity (Wildman–Crippen MR) is 130 cm³/mol. The zero-order chi connectivity index (χ0) is 24.4. The Hall–Kier alpha value is -3.98. The van der Waals surface area contributed by atoms with Crippen molar-refractivity contribution in [3.05, 3.63) is 72.3 Å². The molecule has 0 saturated carbocycles. The number of rotatable bonds is 7. The van der Waals surface area contributed by atoms with Crippen molar-refractivity contribution in [2.24, 2.45) is 0 Å². The number of oxazole rings is 1. The van der Waals surface area contributed by atoms with E-state index in [-0.39, 0.29) is 21.7 Å². The second-order valence-corrected chi connectivity index (χ2v) is 9.78. The first-order chi connectivity index (χ1) is 16.9. The lowest BCUT2D eigenvalue weighted by Crippen LogP contribution is -2.16. The van der Waals surface area contributed by atoms with E-state index in [0.717, 1.165) is 5.56 Å². The van der Waals surface area contributed by atoms with Crippen LogP contribution in [-0.4, -0.2) is 33.2 Å². The van der Waals surface area contributed by atoms with Crippen LogP contribution in [0.15, 0.2) is 81.1 Å². The van der Waals surface area contributed by atoms with Gasteiger partial charge in [-0.25, -0.2) is 8.42 Å². The van der Waals surface area contributed by atoms with Crippen molar-refractivity contribution in [3.8, 4) is 28.7 Å². The number of aromatic nitrogens is 1. The van der Waals surface area contributed by atoms with Crippen LogP contribution in [0.5, 0.6) is 17.2 Å². The summed E-state index contributed by atoms with van der Waals surface area (Å²) in [6.07, 6.45) is 0. The summed E-state index contributed by atoms with van der Waals surface area (Å²) in [4.78, 5) is 4.43. The molecular weight excluding hydrogens is 468 g/mol. The zero-order valence-corrected chi connectivity index (χ0v) is 20.1. The third kappa shape index (κ3) is 4.67. The van der Waals surface area contributed by atoms with Gasteiger partial charge in [0.25, 0.3) is 0 Å². The van der Waals surface area contributed by atoms with E-state index in [2.05, 4.69) is 10.3 Å². The van der Waals surface area contributed by atoms with E-state index in [1.165, 1.54) is 12.1 Å². The predicted octanol–water partition coefficient (Wildman–Crippen LogP) is 5.40. The second kappa shape index (κ2) is 9.34. The van der Waals surface area contributed by atoms with Crippen LogP contribution in [0.1, 0.15) is 12.5 Å². The van der Waals surface area contributed by atoms with Crippen molar-refractivity contribution in [3.63, 3.8) is 0 Å². The fourth-order valence-electron chi connectivity index (χ4n) is 3.62. The number of benzene rings is 3. The van der Waals surface area contributed by atoms with E-state index in [9.17, 15) is 8.42 Å². The van der Waals surface area contributed by atoms with Crippen molar-refractivity contribution in [2.45, 2.75) is 23.8 Å². The van der Waals surface area contributed by atoms with Gasteiger partial charge in [0, 0.05) is 17.3 Å². The van der Waals surface area contributed by atoms with Gasteiger partial charge in [0.05, 0.1) is 11.5 Å². The van der Waals surface area contributed by atoms with Crippen LogP contribution in [-0.2, 0) is 9.84 Å². The Morgan fingerprint density at radius 3 is 2.37 bits per heavy atom. The lowest BCUT2D eigenvalue weighted by Gasteiger charge is -2.18. The number of hydrogen-bond donors (Lipinski definition) is 1. The van der Waals surface area contributed by atoms with E-state index in [4.69, 9.17) is 18.6 Å². The monoisotopic (exact) mass is 492 g/mol. The summed E-state index contributed by atoms with van der Waals surface area (Å²) in [6.45, 7) is 5.18. The topological polar surface area (TPSA) is 99.9 Å². The third-order valence-corrected chi connectivity index (χ3v) is 7.06. The van der Waals surface area contributed by atoms with Gasteiger partial charge in [-0.3, -0.25) is 0 Å². The molecule has 35 heavy (non-hydrogen) atoms. The molecule has 0 amide bonds. The Balaban J connectivity index is 1.57. The van der Waals surface area contributed by atoms with Gasteiger partial charge in [0.15, 0.2) is 11.5 Å². The van der Waals surface area contributed by atoms with Crippen LogP contribution in [0.2, 0.25) is 0 Å². The van der Waals surface area contributed by atoms with E-state index in [1.807, 2.05) is 38.1 Å². The van der Waals surface area contributed by atoms with Crippen molar-refractivity contribution in [1.82, 2.24) is 4.98 Å². The minimum absolute atomic E-state index is 0.0210. The Morgan fingerprint density at radius 1 is 0.943 bits per heavy atom. The summed E-state index contributed by atoms with van der Waals surface area (Å²) in [5.74, 6) is 1.76. The molecule has 1 aliphatic heterocycles. The van der Waals surface area contributed by atoms with E-state index >= 15 is 0 Å². The van der Waals surface area contributed by atoms with Crippen LogP contribution >= 0.6 is 0 Å². The highest BCUT2D eigenvalue weighted by Gasteiger charge is 2.30. The minimum Gasteiger partial charge on any atom is -0.494 e. The largest absolute Gasteiger partial charge is 0.494 e. The maximum absolute atomic E-state index is 13.7. The summed E-state index contributed by atoms with van der Waals surface area (Å²) in [5.41, 5.74) is 2.36. The summed E-state index contributed by atoms with van der Waals surface area (Å²) in [7, 11) is -4.06. The van der Waals surface area contributed by atoms with Crippen molar-refractivity contribution < 1.29 is 27.0 Å². The highest BCUT2D eigenvalue weighted by atomic mass is 32.2. The van der Waals surface area contributed by atoms with Crippen molar-refractivity contribution in [1.29, 1.82) is 0 Å². The Morgan fingerprint density at radius 2 is 1.66 bits per heavy atom. The molecule has 180 valence electrons. The van der Waals surface area contributed by atoms with E-state index in [0.29, 0.717) is 48.3 Å². The van der Waals surface area contributed by atoms with Gasteiger partial charge >= 0.3 is 0 Å². The molecule has 0 radical (unpaired) electrons. The van der Waals surface area contributed by atoms with Crippen molar-refractivity contribution in [2.75, 3.05) is 25.1 Å². The molecule has 0 fully saturated rings. The maximum Gasteiger partial charge on any atom is 0.238 e.